The SMILES string of the molecule is C=C(C(N)=O)C1CCN(c2cc3ccccc3c(-c3ccc(C(F)(F)F)cc3)n2)C1. The molecular weight excluding hydrogens is 391 g/mol. The van der Waals surface area contributed by atoms with Crippen molar-refractivity contribution in [2.24, 2.45) is 11.7 Å². The molecule has 1 fully saturated rings. The van der Waals surface area contributed by atoms with E-state index in [4.69, 9.17) is 10.7 Å². The molecule has 2 aromatic carbocycles. The quantitative estimate of drug-likeness (QED) is 0.628. The predicted octanol–water partition coefficient (Wildman–Crippen LogP) is 4.79. The highest BCUT2D eigenvalue weighted by Gasteiger charge is 2.30. The number of hydrogen-bond donors (Lipinski definition) is 1. The van der Waals surface area contributed by atoms with E-state index >= 15 is 0 Å². The number of carbonyl (C=O) groups is 1. The molecule has 154 valence electrons. The van der Waals surface area contributed by atoms with Crippen LogP contribution in [0.4, 0.5) is 19.0 Å². The number of alkyl halides is 3. The van der Waals surface area contributed by atoms with E-state index in [-0.39, 0.29) is 5.92 Å². The van der Waals surface area contributed by atoms with Crippen LogP contribution in [0.5, 0.6) is 0 Å². The summed E-state index contributed by atoms with van der Waals surface area (Å²) >= 11 is 0. The summed E-state index contributed by atoms with van der Waals surface area (Å²) in [5.41, 5.74) is 6.30. The lowest BCUT2D eigenvalue weighted by Crippen LogP contribution is -2.24. The summed E-state index contributed by atoms with van der Waals surface area (Å²) in [4.78, 5) is 18.3. The van der Waals surface area contributed by atoms with Gasteiger partial charge in [0.25, 0.3) is 0 Å². The van der Waals surface area contributed by atoms with Gasteiger partial charge in [0.15, 0.2) is 0 Å². The van der Waals surface area contributed by atoms with Crippen LogP contribution in [0.1, 0.15) is 12.0 Å². The lowest BCUT2D eigenvalue weighted by atomic mass is 9.99. The van der Waals surface area contributed by atoms with Crippen LogP contribution in [-0.4, -0.2) is 24.0 Å². The summed E-state index contributed by atoms with van der Waals surface area (Å²) < 4.78 is 38.8. The summed E-state index contributed by atoms with van der Waals surface area (Å²) in [6.07, 6.45) is -3.64. The van der Waals surface area contributed by atoms with Gasteiger partial charge in [-0.1, -0.05) is 43.0 Å². The van der Waals surface area contributed by atoms with E-state index in [2.05, 4.69) is 11.5 Å². The summed E-state index contributed by atoms with van der Waals surface area (Å²) in [6.45, 7) is 5.05. The number of anilines is 1. The molecule has 2 heterocycles. The van der Waals surface area contributed by atoms with Crippen LogP contribution in [0.25, 0.3) is 22.0 Å². The number of fused-ring (bicyclic) bond motifs is 1. The molecule has 0 radical (unpaired) electrons. The zero-order valence-corrected chi connectivity index (χ0v) is 16.1. The second-order valence-corrected chi connectivity index (χ2v) is 7.45. The van der Waals surface area contributed by atoms with Crippen molar-refractivity contribution in [3.8, 4) is 11.3 Å². The second kappa shape index (κ2) is 7.48. The summed E-state index contributed by atoms with van der Waals surface area (Å²) in [6, 6.07) is 14.6. The average Bonchev–Trinajstić information content (AvgIpc) is 3.22. The van der Waals surface area contributed by atoms with Crippen LogP contribution in [-0.2, 0) is 11.0 Å². The van der Waals surface area contributed by atoms with Crippen molar-refractivity contribution >= 4 is 22.5 Å². The molecule has 7 heteroatoms. The molecule has 0 bridgehead atoms. The Morgan fingerprint density at radius 2 is 1.83 bits per heavy atom. The number of aromatic nitrogens is 1. The van der Waals surface area contributed by atoms with Crippen LogP contribution < -0.4 is 10.6 Å². The van der Waals surface area contributed by atoms with Crippen molar-refractivity contribution < 1.29 is 18.0 Å². The maximum absolute atomic E-state index is 12.9. The van der Waals surface area contributed by atoms with Gasteiger partial charge < -0.3 is 10.6 Å². The average molecular weight is 411 g/mol. The third-order valence-corrected chi connectivity index (χ3v) is 5.53. The van der Waals surface area contributed by atoms with Crippen LogP contribution in [0, 0.1) is 5.92 Å². The molecule has 4 rings (SSSR count). The number of nitrogens with two attached hydrogens (primary N) is 1. The lowest BCUT2D eigenvalue weighted by molar-refractivity contribution is -0.137. The minimum absolute atomic E-state index is 0.0368. The minimum atomic E-state index is -4.39. The third kappa shape index (κ3) is 3.75. The van der Waals surface area contributed by atoms with Crippen LogP contribution >= 0.6 is 0 Å². The Kier molecular flexibility index (Phi) is 4.97. The molecule has 0 aliphatic carbocycles. The second-order valence-electron chi connectivity index (χ2n) is 7.45. The summed E-state index contributed by atoms with van der Waals surface area (Å²) in [7, 11) is 0. The molecule has 1 aliphatic rings. The Morgan fingerprint density at radius 1 is 1.13 bits per heavy atom. The fraction of sp³-hybridized carbons (Fsp3) is 0.217. The van der Waals surface area contributed by atoms with Crippen LogP contribution in [0.2, 0.25) is 0 Å². The number of rotatable bonds is 4. The lowest BCUT2D eigenvalue weighted by Gasteiger charge is -2.20. The van der Waals surface area contributed by atoms with E-state index in [9.17, 15) is 18.0 Å². The van der Waals surface area contributed by atoms with Crippen LogP contribution in [0.15, 0.2) is 66.7 Å². The third-order valence-electron chi connectivity index (χ3n) is 5.53. The molecule has 1 saturated heterocycles. The summed E-state index contributed by atoms with van der Waals surface area (Å²) in [5, 5.41) is 1.80. The van der Waals surface area contributed by atoms with Gasteiger partial charge in [0, 0.05) is 35.5 Å². The number of benzene rings is 2. The predicted molar refractivity (Wildman–Crippen MR) is 111 cm³/mol. The Balaban J connectivity index is 1.74. The van der Waals surface area contributed by atoms with E-state index in [1.807, 2.05) is 30.3 Å². The van der Waals surface area contributed by atoms with Gasteiger partial charge in [-0.3, -0.25) is 4.79 Å². The smallest absolute Gasteiger partial charge is 0.366 e. The van der Waals surface area contributed by atoms with Gasteiger partial charge >= 0.3 is 6.18 Å². The molecule has 4 nitrogen and oxygen atoms in total. The molecule has 1 unspecified atom stereocenters. The van der Waals surface area contributed by atoms with E-state index in [1.165, 1.54) is 12.1 Å². The fourth-order valence-electron chi connectivity index (χ4n) is 3.84. The van der Waals surface area contributed by atoms with Gasteiger partial charge in [0.1, 0.15) is 5.82 Å². The maximum atomic E-state index is 12.9. The first-order chi connectivity index (χ1) is 14.2. The van der Waals surface area contributed by atoms with Crippen LogP contribution in [0.3, 0.4) is 0 Å². The number of halogens is 3. The highest BCUT2D eigenvalue weighted by atomic mass is 19.4. The standard InChI is InChI=1S/C23H20F3N3O/c1-14(22(27)30)17-10-11-29(13-17)20-12-16-4-2-3-5-19(16)21(28-20)15-6-8-18(9-7-15)23(24,25)26/h2-9,12,17H,1,10-11,13H2,(H2,27,30). The van der Waals surface area contributed by atoms with Gasteiger partial charge in [-0.25, -0.2) is 4.98 Å². The van der Waals surface area contributed by atoms with Gasteiger partial charge in [-0.15, -0.1) is 0 Å². The number of carbonyl (C=O) groups excluding carboxylic acids is 1. The van der Waals surface area contributed by atoms with E-state index in [1.54, 1.807) is 0 Å². The molecular formula is C23H20F3N3O. The highest BCUT2D eigenvalue weighted by Crippen LogP contribution is 2.35. The number of primary amides is 1. The summed E-state index contributed by atoms with van der Waals surface area (Å²) in [5.74, 6) is 0.174. The molecule has 30 heavy (non-hydrogen) atoms. The van der Waals surface area contributed by atoms with Crippen molar-refractivity contribution in [3.05, 3.63) is 72.3 Å². The fourth-order valence-corrected chi connectivity index (χ4v) is 3.84. The Morgan fingerprint density at radius 3 is 2.50 bits per heavy atom. The zero-order valence-electron chi connectivity index (χ0n) is 16.1. The Labute approximate surface area is 171 Å². The number of hydrogen-bond acceptors (Lipinski definition) is 3. The van der Waals surface area contributed by atoms with Crippen molar-refractivity contribution in [1.29, 1.82) is 0 Å². The first-order valence-electron chi connectivity index (χ1n) is 9.55. The van der Waals surface area contributed by atoms with Gasteiger partial charge in [-0.2, -0.15) is 13.2 Å². The normalized spacial score (nSPS) is 16.8. The van der Waals surface area contributed by atoms with Crippen molar-refractivity contribution in [2.75, 3.05) is 18.0 Å². The minimum Gasteiger partial charge on any atom is -0.366 e. The van der Waals surface area contributed by atoms with Crippen molar-refractivity contribution in [1.82, 2.24) is 4.98 Å². The van der Waals surface area contributed by atoms with Crippen molar-refractivity contribution in [3.63, 3.8) is 0 Å². The zero-order chi connectivity index (χ0) is 21.5. The monoisotopic (exact) mass is 411 g/mol. The Hall–Kier alpha value is -3.35. The number of nitrogens with zero attached hydrogens (tertiary/aromatic N) is 2. The molecule has 1 aliphatic heterocycles. The van der Waals surface area contributed by atoms with Crippen molar-refractivity contribution in [2.45, 2.75) is 12.6 Å². The molecule has 0 saturated carbocycles. The first kappa shape index (κ1) is 19.9. The van der Waals surface area contributed by atoms with Gasteiger partial charge in [-0.05, 0) is 30.0 Å². The molecule has 1 atom stereocenters. The van der Waals surface area contributed by atoms with Gasteiger partial charge in [0.2, 0.25) is 5.91 Å². The van der Waals surface area contributed by atoms with E-state index < -0.39 is 17.6 Å². The Bertz CT molecular complexity index is 1120. The van der Waals surface area contributed by atoms with E-state index in [0.717, 1.165) is 29.3 Å². The molecule has 2 N–H and O–H groups in total. The maximum Gasteiger partial charge on any atom is 0.416 e. The van der Waals surface area contributed by atoms with Gasteiger partial charge in [0.05, 0.1) is 11.3 Å². The number of amides is 1. The largest absolute Gasteiger partial charge is 0.416 e. The first-order valence-corrected chi connectivity index (χ1v) is 9.55. The van der Waals surface area contributed by atoms with E-state index in [0.29, 0.717) is 35.7 Å². The topological polar surface area (TPSA) is 59.2 Å². The molecule has 1 amide bonds. The highest BCUT2D eigenvalue weighted by molar-refractivity contribution is 5.96. The molecule has 0 spiro atoms. The molecule has 1 aromatic heterocycles. The molecule has 3 aromatic rings. The number of pyridine rings is 1.